The molecule has 16 heavy (non-hydrogen) atoms. The van der Waals surface area contributed by atoms with E-state index in [9.17, 15) is 4.79 Å². The van der Waals surface area contributed by atoms with Gasteiger partial charge in [0.2, 0.25) is 0 Å². The molecule has 0 atom stereocenters. The van der Waals surface area contributed by atoms with Crippen molar-refractivity contribution in [2.24, 2.45) is 0 Å². The van der Waals surface area contributed by atoms with E-state index in [0.29, 0.717) is 5.82 Å². The molecular weight excluding hydrogens is 208 g/mol. The van der Waals surface area contributed by atoms with Crippen molar-refractivity contribution in [1.82, 2.24) is 15.5 Å². The average molecular weight is 224 g/mol. The Kier molecular flexibility index (Phi) is 2.93. The third-order valence-corrected chi connectivity index (χ3v) is 2.64. The molecule has 1 saturated heterocycles. The van der Waals surface area contributed by atoms with Crippen LogP contribution in [-0.2, 0) is 9.53 Å². The summed E-state index contributed by atoms with van der Waals surface area (Å²) in [6.07, 6.45) is 1.66. The van der Waals surface area contributed by atoms with E-state index >= 15 is 0 Å². The van der Waals surface area contributed by atoms with Crippen LogP contribution >= 0.6 is 0 Å². The van der Waals surface area contributed by atoms with Gasteiger partial charge in [-0.25, -0.2) is 0 Å². The minimum absolute atomic E-state index is 0.0661. The van der Waals surface area contributed by atoms with Crippen molar-refractivity contribution in [2.45, 2.75) is 19.4 Å². The summed E-state index contributed by atoms with van der Waals surface area (Å²) in [6.45, 7) is 5.51. The smallest absolute Gasteiger partial charge is 0.251 e. The number of aromatic nitrogens is 2. The molecule has 6 heteroatoms. The molecule has 1 aromatic rings. The van der Waals surface area contributed by atoms with Gasteiger partial charge in [0.25, 0.3) is 5.91 Å². The maximum atomic E-state index is 11.5. The maximum absolute atomic E-state index is 11.5. The highest BCUT2D eigenvalue weighted by atomic mass is 16.5. The summed E-state index contributed by atoms with van der Waals surface area (Å²) in [6, 6.07) is 0. The van der Waals surface area contributed by atoms with Gasteiger partial charge >= 0.3 is 0 Å². The normalized spacial score (nSPS) is 17.9. The van der Waals surface area contributed by atoms with E-state index in [1.165, 1.54) is 0 Å². The molecule has 2 heterocycles. The van der Waals surface area contributed by atoms with E-state index in [-0.39, 0.29) is 18.1 Å². The fraction of sp³-hybridized carbons (Fsp3) is 0.600. The molecule has 2 rings (SSSR count). The molecule has 88 valence electrons. The average Bonchev–Trinajstić information content (AvgIpc) is 2.59. The van der Waals surface area contributed by atoms with E-state index in [0.717, 1.165) is 18.7 Å². The number of nitrogens with zero attached hydrogens (tertiary/aromatic N) is 1. The summed E-state index contributed by atoms with van der Waals surface area (Å²) in [7, 11) is 0. The number of nitrogens with one attached hydrogen (secondary N) is 3. The monoisotopic (exact) mass is 224 g/mol. The van der Waals surface area contributed by atoms with E-state index in [2.05, 4.69) is 20.8 Å². The molecule has 0 bridgehead atoms. The molecule has 1 aromatic heterocycles. The predicted molar refractivity (Wildman–Crippen MR) is 59.2 cm³/mol. The number of anilines is 1. The Bertz CT molecular complexity index is 384. The number of hydrogen-bond acceptors (Lipinski definition) is 4. The molecule has 1 aliphatic heterocycles. The number of ether oxygens (including phenoxy) is 1. The molecule has 1 aliphatic rings. The second-order valence-electron chi connectivity index (χ2n) is 4.32. The number of amides is 1. The van der Waals surface area contributed by atoms with Crippen LogP contribution in [0, 0.1) is 6.92 Å². The van der Waals surface area contributed by atoms with Crippen LogP contribution in [0.15, 0.2) is 6.20 Å². The summed E-state index contributed by atoms with van der Waals surface area (Å²) in [4.78, 5) is 11.5. The molecule has 0 aromatic carbocycles. The molecular formula is C10H16N4O2. The van der Waals surface area contributed by atoms with Gasteiger partial charge in [0.05, 0.1) is 11.8 Å². The number of rotatable bonds is 4. The highest BCUT2D eigenvalue weighted by Crippen LogP contribution is 2.15. The second kappa shape index (κ2) is 4.23. The minimum Gasteiger partial charge on any atom is -0.363 e. The van der Waals surface area contributed by atoms with E-state index < -0.39 is 0 Å². The van der Waals surface area contributed by atoms with Crippen LogP contribution in [0.4, 0.5) is 5.82 Å². The SMILES string of the molecule is Cc1cn[nH]c1NC(=O)COC1(C)CNC1. The lowest BCUT2D eigenvalue weighted by molar-refractivity contribution is -0.130. The predicted octanol–water partition coefficient (Wildman–Crippen LogP) is 0.0351. The molecule has 0 saturated carbocycles. The zero-order chi connectivity index (χ0) is 11.6. The fourth-order valence-electron chi connectivity index (χ4n) is 1.47. The van der Waals surface area contributed by atoms with Crippen LogP contribution < -0.4 is 10.6 Å². The van der Waals surface area contributed by atoms with Gasteiger partial charge in [0.1, 0.15) is 12.4 Å². The number of hydrogen-bond donors (Lipinski definition) is 3. The molecule has 6 nitrogen and oxygen atoms in total. The van der Waals surface area contributed by atoms with E-state index in [1.54, 1.807) is 6.20 Å². The zero-order valence-corrected chi connectivity index (χ0v) is 9.46. The standard InChI is InChI=1S/C10H16N4O2/c1-7-3-12-14-9(7)13-8(15)4-16-10(2)5-11-6-10/h3,11H,4-6H2,1-2H3,(H2,12,13,14,15). The summed E-state index contributed by atoms with van der Waals surface area (Å²) in [5, 5.41) is 12.3. The second-order valence-corrected chi connectivity index (χ2v) is 4.32. The van der Waals surface area contributed by atoms with Gasteiger partial charge in [-0.1, -0.05) is 0 Å². The molecule has 1 fully saturated rings. The number of carbonyl (C=O) groups is 1. The number of H-pyrrole nitrogens is 1. The van der Waals surface area contributed by atoms with Gasteiger partial charge in [-0.05, 0) is 13.8 Å². The topological polar surface area (TPSA) is 79.0 Å². The lowest BCUT2D eigenvalue weighted by Gasteiger charge is -2.38. The first-order valence-corrected chi connectivity index (χ1v) is 5.24. The third kappa shape index (κ3) is 2.40. The molecule has 0 unspecified atom stereocenters. The Hall–Kier alpha value is -1.40. The Labute approximate surface area is 93.8 Å². The van der Waals surface area contributed by atoms with Crippen LogP contribution in [0.3, 0.4) is 0 Å². The van der Waals surface area contributed by atoms with Gasteiger partial charge in [-0.3, -0.25) is 9.89 Å². The minimum atomic E-state index is -0.194. The van der Waals surface area contributed by atoms with Crippen LogP contribution in [0.25, 0.3) is 0 Å². The molecule has 0 aliphatic carbocycles. The summed E-state index contributed by atoms with van der Waals surface area (Å²) >= 11 is 0. The number of aryl methyl sites for hydroxylation is 1. The van der Waals surface area contributed by atoms with Crippen molar-refractivity contribution in [3.8, 4) is 0 Å². The zero-order valence-electron chi connectivity index (χ0n) is 9.46. The largest absolute Gasteiger partial charge is 0.363 e. The third-order valence-electron chi connectivity index (χ3n) is 2.64. The van der Waals surface area contributed by atoms with Gasteiger partial charge in [-0.15, -0.1) is 0 Å². The van der Waals surface area contributed by atoms with Crippen molar-refractivity contribution in [1.29, 1.82) is 0 Å². The Morgan fingerprint density at radius 2 is 2.44 bits per heavy atom. The lowest BCUT2D eigenvalue weighted by Crippen LogP contribution is -2.59. The van der Waals surface area contributed by atoms with Crippen LogP contribution in [0.2, 0.25) is 0 Å². The Balaban J connectivity index is 1.78. The van der Waals surface area contributed by atoms with Crippen molar-refractivity contribution < 1.29 is 9.53 Å². The summed E-state index contributed by atoms with van der Waals surface area (Å²) in [5.41, 5.74) is 0.713. The van der Waals surface area contributed by atoms with Crippen molar-refractivity contribution in [3.05, 3.63) is 11.8 Å². The van der Waals surface area contributed by atoms with Gasteiger partial charge in [0, 0.05) is 18.7 Å². The van der Waals surface area contributed by atoms with E-state index in [1.807, 2.05) is 13.8 Å². The fourth-order valence-corrected chi connectivity index (χ4v) is 1.47. The quantitative estimate of drug-likeness (QED) is 0.674. The van der Waals surface area contributed by atoms with Crippen LogP contribution in [0.1, 0.15) is 12.5 Å². The van der Waals surface area contributed by atoms with Crippen molar-refractivity contribution in [2.75, 3.05) is 25.0 Å². The van der Waals surface area contributed by atoms with Crippen molar-refractivity contribution >= 4 is 11.7 Å². The maximum Gasteiger partial charge on any atom is 0.251 e. The Morgan fingerprint density at radius 1 is 1.69 bits per heavy atom. The van der Waals surface area contributed by atoms with Gasteiger partial charge in [0.15, 0.2) is 0 Å². The van der Waals surface area contributed by atoms with E-state index in [4.69, 9.17) is 4.74 Å². The van der Waals surface area contributed by atoms with Gasteiger partial charge in [-0.2, -0.15) is 5.10 Å². The first-order chi connectivity index (χ1) is 7.59. The highest BCUT2D eigenvalue weighted by molar-refractivity contribution is 5.91. The number of carbonyl (C=O) groups excluding carboxylic acids is 1. The highest BCUT2D eigenvalue weighted by Gasteiger charge is 2.33. The molecule has 0 spiro atoms. The number of aromatic amines is 1. The van der Waals surface area contributed by atoms with Crippen molar-refractivity contribution in [3.63, 3.8) is 0 Å². The summed E-state index contributed by atoms with van der Waals surface area (Å²) < 4.78 is 5.51. The first-order valence-electron chi connectivity index (χ1n) is 5.24. The molecule has 3 N–H and O–H groups in total. The van der Waals surface area contributed by atoms with Gasteiger partial charge < -0.3 is 15.4 Å². The molecule has 0 radical (unpaired) electrons. The summed E-state index contributed by atoms with van der Waals surface area (Å²) in [5.74, 6) is 0.464. The Morgan fingerprint density at radius 3 is 2.94 bits per heavy atom. The van der Waals surface area contributed by atoms with Crippen LogP contribution in [0.5, 0.6) is 0 Å². The first kappa shape index (κ1) is 11.1. The lowest BCUT2D eigenvalue weighted by atomic mass is 10.0. The van der Waals surface area contributed by atoms with Crippen LogP contribution in [-0.4, -0.2) is 41.4 Å². The molecule has 1 amide bonds.